The summed E-state index contributed by atoms with van der Waals surface area (Å²) in [4.78, 5) is 17.5. The molecule has 7 nitrogen and oxygen atoms in total. The first kappa shape index (κ1) is 19.5. The van der Waals surface area contributed by atoms with Gasteiger partial charge in [0, 0.05) is 30.9 Å². The number of rotatable bonds is 4. The van der Waals surface area contributed by atoms with Crippen LogP contribution in [0.2, 0.25) is 0 Å². The normalized spacial score (nSPS) is 16.6. The van der Waals surface area contributed by atoms with Crippen LogP contribution in [0.5, 0.6) is 0 Å². The van der Waals surface area contributed by atoms with Gasteiger partial charge in [-0.15, -0.1) is 0 Å². The van der Waals surface area contributed by atoms with Crippen LogP contribution in [0.15, 0.2) is 58.5 Å². The van der Waals surface area contributed by atoms with E-state index in [1.807, 2.05) is 19.9 Å². The molecular weight excluding hydrogens is 366 g/mol. The molecule has 0 radical (unpaired) electrons. The highest BCUT2D eigenvalue weighted by Crippen LogP contribution is 2.18. The second-order valence-corrected chi connectivity index (χ2v) is 8.44. The van der Waals surface area contributed by atoms with Crippen molar-refractivity contribution in [3.8, 4) is 0 Å². The molecule has 8 heteroatoms. The maximum Gasteiger partial charge on any atom is 0.263 e. The van der Waals surface area contributed by atoms with Crippen molar-refractivity contribution in [2.24, 2.45) is 4.99 Å². The predicted molar refractivity (Wildman–Crippen MR) is 101 cm³/mol. The number of hydrogen-bond donors (Lipinski definition) is 0. The van der Waals surface area contributed by atoms with Gasteiger partial charge in [-0.3, -0.25) is 14.4 Å². The molecule has 1 aliphatic heterocycles. The van der Waals surface area contributed by atoms with Crippen molar-refractivity contribution in [3.63, 3.8) is 0 Å². The Kier molecular flexibility index (Phi) is 5.88. The summed E-state index contributed by atoms with van der Waals surface area (Å²) >= 11 is 0. The summed E-state index contributed by atoms with van der Waals surface area (Å²) < 4.78 is 33.4. The summed E-state index contributed by atoms with van der Waals surface area (Å²) in [6, 6.07) is 11.4. The molecule has 1 fully saturated rings. The number of nitrogens with zero attached hydrogens (tertiary/aromatic N) is 3. The lowest BCUT2D eigenvalue weighted by Gasteiger charge is -2.26. The molecule has 0 bridgehead atoms. The first-order valence-electron chi connectivity index (χ1n) is 8.84. The fraction of sp³-hybridized carbons (Fsp3) is 0.368. The van der Waals surface area contributed by atoms with E-state index in [2.05, 4.69) is 4.99 Å². The molecule has 0 unspecified atom stereocenters. The molecule has 0 aliphatic carbocycles. The summed E-state index contributed by atoms with van der Waals surface area (Å²) in [6.07, 6.45) is 1.65. The highest BCUT2D eigenvalue weighted by Gasteiger charge is 2.26. The molecule has 0 saturated carbocycles. The van der Waals surface area contributed by atoms with Crippen molar-refractivity contribution in [3.05, 3.63) is 59.7 Å². The quantitative estimate of drug-likeness (QED) is 0.794. The monoisotopic (exact) mass is 389 g/mol. The first-order chi connectivity index (χ1) is 12.9. The van der Waals surface area contributed by atoms with E-state index < -0.39 is 10.0 Å². The fourth-order valence-electron chi connectivity index (χ4n) is 2.82. The minimum Gasteiger partial charge on any atom is -0.379 e. The van der Waals surface area contributed by atoms with Gasteiger partial charge in [0.1, 0.15) is 5.49 Å². The van der Waals surface area contributed by atoms with Crippen LogP contribution in [0.4, 0.5) is 0 Å². The van der Waals surface area contributed by atoms with Crippen LogP contribution in [0, 0.1) is 0 Å². The Morgan fingerprint density at radius 2 is 1.74 bits per heavy atom. The molecule has 1 aliphatic rings. The SMILES string of the molecule is CC(C)N=c1ccccn1C(=O)c1ccc(S(=O)(=O)N2CCOCC2)cc1. The Morgan fingerprint density at radius 3 is 2.37 bits per heavy atom. The van der Waals surface area contributed by atoms with Crippen molar-refractivity contribution in [1.82, 2.24) is 8.87 Å². The summed E-state index contributed by atoms with van der Waals surface area (Å²) in [5.41, 5.74) is 0.954. The highest BCUT2D eigenvalue weighted by atomic mass is 32.2. The molecule has 1 aromatic heterocycles. The Balaban J connectivity index is 1.89. The van der Waals surface area contributed by atoms with Gasteiger partial charge < -0.3 is 4.74 Å². The fourth-order valence-corrected chi connectivity index (χ4v) is 4.23. The third-order valence-corrected chi connectivity index (χ3v) is 6.07. The first-order valence-corrected chi connectivity index (χ1v) is 10.3. The van der Waals surface area contributed by atoms with Crippen molar-refractivity contribution in [1.29, 1.82) is 0 Å². The second-order valence-electron chi connectivity index (χ2n) is 6.50. The Bertz CT molecular complexity index is 973. The minimum atomic E-state index is -3.58. The maximum absolute atomic E-state index is 12.8. The van der Waals surface area contributed by atoms with Crippen LogP contribution in [0.25, 0.3) is 0 Å². The highest BCUT2D eigenvalue weighted by molar-refractivity contribution is 7.89. The lowest BCUT2D eigenvalue weighted by Crippen LogP contribution is -2.40. The van der Waals surface area contributed by atoms with Crippen molar-refractivity contribution in [2.45, 2.75) is 24.8 Å². The van der Waals surface area contributed by atoms with Gasteiger partial charge in [-0.2, -0.15) is 4.31 Å². The van der Waals surface area contributed by atoms with Gasteiger partial charge >= 0.3 is 0 Å². The van der Waals surface area contributed by atoms with E-state index >= 15 is 0 Å². The van der Waals surface area contributed by atoms with E-state index in [0.29, 0.717) is 37.4 Å². The maximum atomic E-state index is 12.8. The lowest BCUT2D eigenvalue weighted by molar-refractivity contribution is 0.0730. The Hall–Kier alpha value is -2.29. The van der Waals surface area contributed by atoms with Crippen LogP contribution >= 0.6 is 0 Å². The van der Waals surface area contributed by atoms with E-state index in [-0.39, 0.29) is 16.8 Å². The number of carbonyl (C=O) groups is 1. The topological polar surface area (TPSA) is 81.0 Å². The summed E-state index contributed by atoms with van der Waals surface area (Å²) in [5.74, 6) is -0.259. The molecule has 0 atom stereocenters. The molecular formula is C19H23N3O4S. The Labute approximate surface area is 159 Å². The number of benzene rings is 1. The molecule has 3 rings (SSSR count). The van der Waals surface area contributed by atoms with Gasteiger partial charge in [-0.1, -0.05) is 6.07 Å². The standard InChI is InChI=1S/C19H23N3O4S/c1-15(2)20-18-5-3-4-10-22(18)19(23)16-6-8-17(9-7-16)27(24,25)21-11-13-26-14-12-21/h3-10,15H,11-14H2,1-2H3. The van der Waals surface area contributed by atoms with E-state index in [1.165, 1.54) is 33.1 Å². The average molecular weight is 389 g/mol. The van der Waals surface area contributed by atoms with Gasteiger partial charge in [-0.25, -0.2) is 8.42 Å². The van der Waals surface area contributed by atoms with E-state index in [9.17, 15) is 13.2 Å². The molecule has 2 aromatic rings. The second kappa shape index (κ2) is 8.16. The van der Waals surface area contributed by atoms with Crippen LogP contribution < -0.4 is 5.49 Å². The minimum absolute atomic E-state index is 0.0486. The van der Waals surface area contributed by atoms with Gasteiger partial charge in [-0.05, 0) is 50.2 Å². The zero-order valence-electron chi connectivity index (χ0n) is 15.4. The van der Waals surface area contributed by atoms with Gasteiger partial charge in [0.15, 0.2) is 0 Å². The van der Waals surface area contributed by atoms with Crippen LogP contribution in [0.3, 0.4) is 0 Å². The number of sulfonamides is 1. The molecule has 144 valence electrons. The van der Waals surface area contributed by atoms with E-state index in [1.54, 1.807) is 18.3 Å². The molecule has 0 amide bonds. The molecule has 1 aromatic carbocycles. The Morgan fingerprint density at radius 1 is 1.07 bits per heavy atom. The molecule has 0 spiro atoms. The number of pyridine rings is 1. The average Bonchev–Trinajstić information content (AvgIpc) is 2.68. The summed E-state index contributed by atoms with van der Waals surface area (Å²) in [5, 5.41) is 0. The van der Waals surface area contributed by atoms with Gasteiger partial charge in [0.05, 0.1) is 18.1 Å². The lowest BCUT2D eigenvalue weighted by atomic mass is 10.2. The predicted octanol–water partition coefficient (Wildman–Crippen LogP) is 1.51. The zero-order valence-corrected chi connectivity index (χ0v) is 16.2. The van der Waals surface area contributed by atoms with Crippen molar-refractivity contribution in [2.75, 3.05) is 26.3 Å². The number of carbonyl (C=O) groups excluding carboxylic acids is 1. The molecule has 1 saturated heterocycles. The number of ether oxygens (including phenoxy) is 1. The van der Waals surface area contributed by atoms with E-state index in [4.69, 9.17) is 4.74 Å². The van der Waals surface area contributed by atoms with Gasteiger partial charge in [0.2, 0.25) is 10.0 Å². The summed E-state index contributed by atoms with van der Waals surface area (Å²) in [7, 11) is -3.58. The van der Waals surface area contributed by atoms with Crippen molar-refractivity contribution >= 4 is 15.9 Å². The third kappa shape index (κ3) is 4.35. The van der Waals surface area contributed by atoms with Crippen LogP contribution in [0.1, 0.15) is 24.2 Å². The van der Waals surface area contributed by atoms with Crippen molar-refractivity contribution < 1.29 is 17.9 Å². The molecule has 0 N–H and O–H groups in total. The number of hydrogen-bond acceptors (Lipinski definition) is 5. The van der Waals surface area contributed by atoms with Gasteiger partial charge in [0.25, 0.3) is 5.91 Å². The zero-order chi connectivity index (χ0) is 19.4. The number of aromatic nitrogens is 1. The largest absolute Gasteiger partial charge is 0.379 e. The molecule has 27 heavy (non-hydrogen) atoms. The number of morpholine rings is 1. The third-order valence-electron chi connectivity index (χ3n) is 4.16. The smallest absolute Gasteiger partial charge is 0.263 e. The molecule has 2 heterocycles. The van der Waals surface area contributed by atoms with Crippen LogP contribution in [-0.4, -0.2) is 55.5 Å². The van der Waals surface area contributed by atoms with Crippen LogP contribution in [-0.2, 0) is 14.8 Å². The van der Waals surface area contributed by atoms with E-state index in [0.717, 1.165) is 0 Å². The summed E-state index contributed by atoms with van der Waals surface area (Å²) in [6.45, 7) is 5.33.